The molecule has 0 N–H and O–H groups in total. The summed E-state index contributed by atoms with van der Waals surface area (Å²) in [5.74, 6) is -0.582. The third-order valence-corrected chi connectivity index (χ3v) is 4.89. The molecule has 2 rings (SSSR count). The van der Waals surface area contributed by atoms with Crippen molar-refractivity contribution in [3.63, 3.8) is 0 Å². The minimum atomic E-state index is -0.739. The van der Waals surface area contributed by atoms with Gasteiger partial charge in [0.05, 0.1) is 18.7 Å². The van der Waals surface area contributed by atoms with E-state index in [1.54, 1.807) is 32.0 Å². The first-order valence-electron chi connectivity index (χ1n) is 10.4. The van der Waals surface area contributed by atoms with Crippen molar-refractivity contribution in [2.24, 2.45) is 0 Å². The highest BCUT2D eigenvalue weighted by molar-refractivity contribution is 6.05. The lowest BCUT2D eigenvalue weighted by molar-refractivity contribution is -0.144. The molecule has 0 spiro atoms. The van der Waals surface area contributed by atoms with Crippen molar-refractivity contribution in [3.05, 3.63) is 23.8 Å². The predicted octanol–water partition coefficient (Wildman–Crippen LogP) is 2.58. The van der Waals surface area contributed by atoms with Crippen LogP contribution in [0.5, 0.6) is 5.75 Å². The molecule has 8 heteroatoms. The van der Waals surface area contributed by atoms with Crippen LogP contribution in [-0.2, 0) is 19.1 Å². The van der Waals surface area contributed by atoms with E-state index in [2.05, 4.69) is 0 Å². The Morgan fingerprint density at radius 1 is 1.17 bits per heavy atom. The molecule has 0 saturated carbocycles. The Bertz CT molecular complexity index is 807. The number of carbonyl (C=O) groups is 4. The predicted molar refractivity (Wildman–Crippen MR) is 112 cm³/mol. The van der Waals surface area contributed by atoms with E-state index < -0.39 is 6.10 Å². The van der Waals surface area contributed by atoms with Crippen LogP contribution in [0.15, 0.2) is 18.2 Å². The monoisotopic (exact) mass is 418 g/mol. The van der Waals surface area contributed by atoms with Crippen LogP contribution in [0.1, 0.15) is 57.3 Å². The first-order chi connectivity index (χ1) is 14.3. The van der Waals surface area contributed by atoms with Crippen molar-refractivity contribution in [1.82, 2.24) is 4.90 Å². The normalized spacial score (nSPS) is 15.3. The van der Waals surface area contributed by atoms with Crippen molar-refractivity contribution in [3.8, 4) is 5.75 Å². The fourth-order valence-electron chi connectivity index (χ4n) is 3.27. The molecule has 1 aromatic rings. The molecule has 2 amide bonds. The quantitative estimate of drug-likeness (QED) is 0.428. The Morgan fingerprint density at radius 3 is 2.53 bits per heavy atom. The highest BCUT2D eigenvalue weighted by Gasteiger charge is 2.34. The van der Waals surface area contributed by atoms with Gasteiger partial charge in [0.25, 0.3) is 5.91 Å². The number of benzene rings is 1. The van der Waals surface area contributed by atoms with E-state index in [9.17, 15) is 19.2 Å². The van der Waals surface area contributed by atoms with Crippen LogP contribution in [0.3, 0.4) is 0 Å². The number of Topliss-reactive ketones (excluding diaryl/α,β-unsaturated/α-hetero) is 1. The lowest BCUT2D eigenvalue weighted by Gasteiger charge is -2.34. The van der Waals surface area contributed by atoms with Crippen LogP contribution in [0.25, 0.3) is 0 Å². The summed E-state index contributed by atoms with van der Waals surface area (Å²) < 4.78 is 10.6. The number of hydrogen-bond donors (Lipinski definition) is 0. The number of ether oxygens (including phenoxy) is 2. The fraction of sp³-hybridized carbons (Fsp3) is 0.545. The molecule has 1 heterocycles. The van der Waals surface area contributed by atoms with Crippen molar-refractivity contribution >= 4 is 29.3 Å². The molecule has 8 nitrogen and oxygen atoms in total. The topological polar surface area (TPSA) is 93.2 Å². The summed E-state index contributed by atoms with van der Waals surface area (Å²) >= 11 is 0. The molecule has 0 radical (unpaired) electrons. The van der Waals surface area contributed by atoms with Gasteiger partial charge in [0.2, 0.25) is 5.91 Å². The Kier molecular flexibility index (Phi) is 8.38. The van der Waals surface area contributed by atoms with E-state index in [-0.39, 0.29) is 49.7 Å². The molecule has 1 atom stereocenters. The largest absolute Gasteiger partial charge is 0.479 e. The number of nitrogens with zero attached hydrogens (tertiary/aromatic N) is 2. The average Bonchev–Trinajstić information content (AvgIpc) is 2.72. The highest BCUT2D eigenvalue weighted by Crippen LogP contribution is 2.35. The maximum atomic E-state index is 12.9. The zero-order valence-electron chi connectivity index (χ0n) is 18.1. The van der Waals surface area contributed by atoms with Gasteiger partial charge in [-0.3, -0.25) is 24.1 Å². The lowest BCUT2D eigenvalue weighted by atomic mass is 10.0. The summed E-state index contributed by atoms with van der Waals surface area (Å²) in [4.78, 5) is 52.4. The van der Waals surface area contributed by atoms with Crippen LogP contribution >= 0.6 is 0 Å². The van der Waals surface area contributed by atoms with Crippen molar-refractivity contribution in [2.75, 3.05) is 31.1 Å². The standard InChI is InChI=1S/C22H30N2O6/c1-5-8-18(25)16-9-10-19-17(13-16)24(22(28)15(4)30-19)14-20(26)23(6-2)12-11-21(27)29-7-3/h9-10,13,15H,5-8,11-12,14H2,1-4H3. The Labute approximate surface area is 177 Å². The first-order valence-corrected chi connectivity index (χ1v) is 10.4. The molecule has 0 aliphatic carbocycles. The number of rotatable bonds is 10. The van der Waals surface area contributed by atoms with E-state index in [4.69, 9.17) is 9.47 Å². The second-order valence-corrected chi connectivity index (χ2v) is 7.07. The van der Waals surface area contributed by atoms with E-state index in [0.29, 0.717) is 30.0 Å². The zero-order valence-corrected chi connectivity index (χ0v) is 18.1. The molecule has 1 unspecified atom stereocenters. The Balaban J connectivity index is 2.22. The second kappa shape index (κ2) is 10.8. The van der Waals surface area contributed by atoms with Crippen LogP contribution in [0, 0.1) is 0 Å². The summed E-state index contributed by atoms with van der Waals surface area (Å²) in [6, 6.07) is 4.95. The van der Waals surface area contributed by atoms with Gasteiger partial charge < -0.3 is 14.4 Å². The Hall–Kier alpha value is -2.90. The van der Waals surface area contributed by atoms with E-state index >= 15 is 0 Å². The van der Waals surface area contributed by atoms with Gasteiger partial charge >= 0.3 is 5.97 Å². The van der Waals surface area contributed by atoms with Crippen molar-refractivity contribution < 1.29 is 28.7 Å². The molecule has 1 aromatic carbocycles. The van der Waals surface area contributed by atoms with Crippen molar-refractivity contribution in [1.29, 1.82) is 0 Å². The number of carbonyl (C=O) groups excluding carboxylic acids is 4. The molecule has 1 aliphatic heterocycles. The summed E-state index contributed by atoms with van der Waals surface area (Å²) in [6.45, 7) is 7.78. The number of fused-ring (bicyclic) bond motifs is 1. The summed E-state index contributed by atoms with van der Waals surface area (Å²) in [5, 5.41) is 0. The highest BCUT2D eigenvalue weighted by atomic mass is 16.5. The minimum Gasteiger partial charge on any atom is -0.479 e. The third kappa shape index (κ3) is 5.58. The molecule has 0 bridgehead atoms. The van der Waals surface area contributed by atoms with Crippen LogP contribution in [-0.4, -0.2) is 60.8 Å². The van der Waals surface area contributed by atoms with Crippen molar-refractivity contribution in [2.45, 2.75) is 53.1 Å². The van der Waals surface area contributed by atoms with E-state index in [1.807, 2.05) is 13.8 Å². The van der Waals surface area contributed by atoms with E-state index in [0.717, 1.165) is 6.42 Å². The molecule has 164 valence electrons. The molecule has 0 aromatic heterocycles. The smallest absolute Gasteiger partial charge is 0.307 e. The molecular weight excluding hydrogens is 388 g/mol. The molecule has 0 saturated heterocycles. The zero-order chi connectivity index (χ0) is 22.3. The van der Waals surface area contributed by atoms with E-state index in [1.165, 1.54) is 9.80 Å². The fourth-order valence-corrected chi connectivity index (χ4v) is 3.27. The van der Waals surface area contributed by atoms with Gasteiger partial charge in [-0.25, -0.2) is 0 Å². The summed E-state index contributed by atoms with van der Waals surface area (Å²) in [7, 11) is 0. The van der Waals surface area contributed by atoms with Gasteiger partial charge in [-0.15, -0.1) is 0 Å². The van der Waals surface area contributed by atoms with Gasteiger partial charge in [-0.1, -0.05) is 6.92 Å². The number of hydrogen-bond acceptors (Lipinski definition) is 6. The number of esters is 1. The van der Waals surface area contributed by atoms with Crippen LogP contribution in [0.4, 0.5) is 5.69 Å². The SMILES string of the molecule is CCCC(=O)c1ccc2c(c1)N(CC(=O)N(CC)CCC(=O)OCC)C(=O)C(C)O2. The maximum Gasteiger partial charge on any atom is 0.307 e. The second-order valence-electron chi connectivity index (χ2n) is 7.07. The van der Waals surface area contributed by atoms with Crippen LogP contribution in [0.2, 0.25) is 0 Å². The third-order valence-electron chi connectivity index (χ3n) is 4.89. The van der Waals surface area contributed by atoms with Crippen LogP contribution < -0.4 is 9.64 Å². The van der Waals surface area contributed by atoms with Gasteiger partial charge in [0.1, 0.15) is 12.3 Å². The van der Waals surface area contributed by atoms with Gasteiger partial charge in [0.15, 0.2) is 11.9 Å². The molecule has 1 aliphatic rings. The summed E-state index contributed by atoms with van der Waals surface area (Å²) in [6.07, 6.45) is 0.474. The van der Waals surface area contributed by atoms with Gasteiger partial charge in [-0.05, 0) is 45.4 Å². The molecular formula is C22H30N2O6. The summed E-state index contributed by atoms with van der Waals surface area (Å²) in [5.41, 5.74) is 0.892. The van der Waals surface area contributed by atoms with Gasteiger partial charge in [-0.2, -0.15) is 0 Å². The number of anilines is 1. The lowest BCUT2D eigenvalue weighted by Crippen LogP contribution is -2.50. The number of ketones is 1. The number of amides is 2. The Morgan fingerprint density at radius 2 is 1.90 bits per heavy atom. The molecule has 30 heavy (non-hydrogen) atoms. The number of likely N-dealkylation sites (N-methyl/N-ethyl adjacent to an activating group) is 1. The van der Waals surface area contributed by atoms with Gasteiger partial charge in [0, 0.05) is 25.1 Å². The average molecular weight is 418 g/mol. The maximum absolute atomic E-state index is 12.9. The first kappa shape index (κ1) is 23.4. The molecule has 0 fully saturated rings. The minimum absolute atomic E-state index is 0.0257.